The molecule has 2 aromatic rings. The first kappa shape index (κ1) is 24.9. The molecule has 156 valence electrons. The summed E-state index contributed by atoms with van der Waals surface area (Å²) in [4.78, 5) is 7.25. The second kappa shape index (κ2) is 11.8. The van der Waals surface area contributed by atoms with E-state index in [1.54, 1.807) is 42.6 Å². The highest BCUT2D eigenvalue weighted by atomic mass is 127. The lowest BCUT2D eigenvalue weighted by atomic mass is 10.2. The maximum absolute atomic E-state index is 12.6. The van der Waals surface area contributed by atoms with E-state index in [1.807, 2.05) is 13.0 Å². The van der Waals surface area contributed by atoms with E-state index < -0.39 is 9.84 Å². The van der Waals surface area contributed by atoms with Gasteiger partial charge in [0.25, 0.3) is 0 Å². The third-order valence-corrected chi connectivity index (χ3v) is 7.12. The van der Waals surface area contributed by atoms with Crippen LogP contribution in [0.5, 0.6) is 0 Å². The molecular formula is C20H30IN3O2S2. The van der Waals surface area contributed by atoms with Gasteiger partial charge in [-0.05, 0) is 44.5 Å². The van der Waals surface area contributed by atoms with Crippen molar-refractivity contribution in [2.45, 2.75) is 50.6 Å². The van der Waals surface area contributed by atoms with Crippen molar-refractivity contribution in [3.8, 4) is 0 Å². The number of nitrogens with zero attached hydrogens (tertiary/aromatic N) is 1. The molecule has 0 aliphatic heterocycles. The van der Waals surface area contributed by atoms with Crippen LogP contribution >= 0.6 is 35.3 Å². The van der Waals surface area contributed by atoms with Crippen molar-refractivity contribution in [1.29, 1.82) is 0 Å². The van der Waals surface area contributed by atoms with Gasteiger partial charge in [-0.2, -0.15) is 0 Å². The zero-order valence-corrected chi connectivity index (χ0v) is 20.8. The molecule has 2 N–H and O–H groups in total. The van der Waals surface area contributed by atoms with Crippen molar-refractivity contribution in [3.05, 3.63) is 52.2 Å². The Bertz CT molecular complexity index is 851. The summed E-state index contributed by atoms with van der Waals surface area (Å²) in [5, 5.41) is 6.63. The second-order valence-corrected chi connectivity index (χ2v) is 10.1. The lowest BCUT2D eigenvalue weighted by Crippen LogP contribution is -2.49. The lowest BCUT2D eigenvalue weighted by molar-refractivity contribution is 0.562. The van der Waals surface area contributed by atoms with Crippen LogP contribution < -0.4 is 10.6 Å². The molecule has 0 amide bonds. The molecule has 0 radical (unpaired) electrons. The molecule has 2 atom stereocenters. The predicted octanol–water partition coefficient (Wildman–Crippen LogP) is 4.02. The van der Waals surface area contributed by atoms with Gasteiger partial charge in [-0.25, -0.2) is 8.42 Å². The molecule has 1 heterocycles. The van der Waals surface area contributed by atoms with Gasteiger partial charge in [0.1, 0.15) is 0 Å². The maximum atomic E-state index is 12.6. The Labute approximate surface area is 190 Å². The summed E-state index contributed by atoms with van der Waals surface area (Å²) >= 11 is 1.80. The van der Waals surface area contributed by atoms with Crippen LogP contribution in [0.25, 0.3) is 0 Å². The van der Waals surface area contributed by atoms with Crippen LogP contribution in [0.2, 0.25) is 0 Å². The van der Waals surface area contributed by atoms with Crippen molar-refractivity contribution < 1.29 is 8.42 Å². The SMILES string of the molecule is CCC(CS(=O)(=O)c1ccccc1)NC(=NC)NC(C)Cc1ccc(C)s1.I. The molecule has 28 heavy (non-hydrogen) atoms. The number of rotatable bonds is 8. The molecule has 1 aromatic heterocycles. The van der Waals surface area contributed by atoms with E-state index in [4.69, 9.17) is 0 Å². The molecule has 0 spiro atoms. The van der Waals surface area contributed by atoms with Crippen molar-refractivity contribution >= 4 is 51.1 Å². The molecule has 8 heteroatoms. The molecule has 0 saturated carbocycles. The number of nitrogens with one attached hydrogen (secondary N) is 2. The Morgan fingerprint density at radius 1 is 1.14 bits per heavy atom. The van der Waals surface area contributed by atoms with E-state index in [0.717, 1.165) is 6.42 Å². The fraction of sp³-hybridized carbons (Fsp3) is 0.450. The normalized spacial score (nSPS) is 14.1. The minimum Gasteiger partial charge on any atom is -0.354 e. The smallest absolute Gasteiger partial charge is 0.191 e. The Morgan fingerprint density at radius 3 is 2.36 bits per heavy atom. The number of halogens is 1. The van der Waals surface area contributed by atoms with Crippen molar-refractivity contribution in [2.75, 3.05) is 12.8 Å². The summed E-state index contributed by atoms with van der Waals surface area (Å²) in [7, 11) is -1.64. The third-order valence-electron chi connectivity index (χ3n) is 4.27. The Balaban J connectivity index is 0.00000392. The van der Waals surface area contributed by atoms with E-state index in [-0.39, 0.29) is 41.8 Å². The van der Waals surface area contributed by atoms with Crippen molar-refractivity contribution in [1.82, 2.24) is 10.6 Å². The van der Waals surface area contributed by atoms with Crippen LogP contribution in [0.1, 0.15) is 30.0 Å². The molecule has 0 aliphatic carbocycles. The van der Waals surface area contributed by atoms with Crippen molar-refractivity contribution in [2.24, 2.45) is 4.99 Å². The van der Waals surface area contributed by atoms with Gasteiger partial charge < -0.3 is 10.6 Å². The predicted molar refractivity (Wildman–Crippen MR) is 130 cm³/mol. The average molecular weight is 536 g/mol. The molecule has 0 aliphatic rings. The highest BCUT2D eigenvalue weighted by molar-refractivity contribution is 14.0. The number of aliphatic imine (C=N–C) groups is 1. The summed E-state index contributed by atoms with van der Waals surface area (Å²) in [6.45, 7) is 6.18. The van der Waals surface area contributed by atoms with Crippen LogP contribution in [0.3, 0.4) is 0 Å². The first-order valence-electron chi connectivity index (χ1n) is 9.17. The van der Waals surface area contributed by atoms with Gasteiger partial charge in [0, 0.05) is 35.3 Å². The van der Waals surface area contributed by atoms with E-state index in [0.29, 0.717) is 17.3 Å². The summed E-state index contributed by atoms with van der Waals surface area (Å²) in [5.74, 6) is 0.665. The molecule has 1 aromatic carbocycles. The fourth-order valence-electron chi connectivity index (χ4n) is 2.80. The molecule has 0 fully saturated rings. The minimum atomic E-state index is -3.34. The highest BCUT2D eigenvalue weighted by Crippen LogP contribution is 2.17. The Hall–Kier alpha value is -1.13. The first-order valence-corrected chi connectivity index (χ1v) is 11.6. The first-order chi connectivity index (χ1) is 12.8. The van der Waals surface area contributed by atoms with Gasteiger partial charge in [0.05, 0.1) is 10.6 Å². The molecule has 0 saturated heterocycles. The number of guanidine groups is 1. The molecule has 5 nitrogen and oxygen atoms in total. The standard InChI is InChI=1S/C20H29N3O2S2.HI/c1-5-17(14-27(24,25)19-9-7-6-8-10-19)23-20(21-4)22-15(2)13-18-12-11-16(3)26-18;/h6-12,15,17H,5,13-14H2,1-4H3,(H2,21,22,23);1H. The van der Waals surface area contributed by atoms with Crippen LogP contribution in [0, 0.1) is 6.92 Å². The second-order valence-electron chi connectivity index (χ2n) is 6.68. The highest BCUT2D eigenvalue weighted by Gasteiger charge is 2.21. The number of benzene rings is 1. The van der Waals surface area contributed by atoms with E-state index in [9.17, 15) is 8.42 Å². The molecule has 2 rings (SSSR count). The molecule has 2 unspecified atom stereocenters. The zero-order valence-electron chi connectivity index (χ0n) is 16.8. The number of thiophene rings is 1. The monoisotopic (exact) mass is 535 g/mol. The Kier molecular flexibility index (Phi) is 10.5. The van der Waals surface area contributed by atoms with Crippen LogP contribution in [-0.2, 0) is 16.3 Å². The van der Waals surface area contributed by atoms with Crippen LogP contribution in [-0.4, -0.2) is 39.3 Å². The number of aryl methyl sites for hydroxylation is 1. The van der Waals surface area contributed by atoms with Gasteiger partial charge in [0.2, 0.25) is 0 Å². The summed E-state index contributed by atoms with van der Waals surface area (Å²) < 4.78 is 25.3. The number of hydrogen-bond donors (Lipinski definition) is 2. The average Bonchev–Trinajstić information content (AvgIpc) is 3.05. The third kappa shape index (κ3) is 7.71. The van der Waals surface area contributed by atoms with E-state index in [2.05, 4.69) is 41.6 Å². The van der Waals surface area contributed by atoms with E-state index in [1.165, 1.54) is 9.75 Å². The summed E-state index contributed by atoms with van der Waals surface area (Å²) in [6.07, 6.45) is 1.59. The number of sulfone groups is 1. The van der Waals surface area contributed by atoms with Crippen molar-refractivity contribution in [3.63, 3.8) is 0 Å². The summed E-state index contributed by atoms with van der Waals surface area (Å²) in [6, 6.07) is 12.8. The topological polar surface area (TPSA) is 70.6 Å². The van der Waals surface area contributed by atoms with E-state index >= 15 is 0 Å². The molecule has 0 bridgehead atoms. The largest absolute Gasteiger partial charge is 0.354 e. The van der Waals surface area contributed by atoms with Gasteiger partial charge in [-0.1, -0.05) is 25.1 Å². The fourth-order valence-corrected chi connectivity index (χ4v) is 5.43. The lowest BCUT2D eigenvalue weighted by Gasteiger charge is -2.23. The number of hydrogen-bond acceptors (Lipinski definition) is 4. The van der Waals surface area contributed by atoms with Crippen LogP contribution in [0.15, 0.2) is 52.4 Å². The zero-order chi connectivity index (χ0) is 19.9. The van der Waals surface area contributed by atoms with Gasteiger partial charge >= 0.3 is 0 Å². The summed E-state index contributed by atoms with van der Waals surface area (Å²) in [5.41, 5.74) is 0. The van der Waals surface area contributed by atoms with Gasteiger partial charge in [-0.15, -0.1) is 35.3 Å². The maximum Gasteiger partial charge on any atom is 0.191 e. The Morgan fingerprint density at radius 2 is 1.82 bits per heavy atom. The van der Waals surface area contributed by atoms with Gasteiger partial charge in [-0.3, -0.25) is 4.99 Å². The van der Waals surface area contributed by atoms with Crippen LogP contribution in [0.4, 0.5) is 0 Å². The molecular weight excluding hydrogens is 505 g/mol. The minimum absolute atomic E-state index is 0. The quantitative estimate of drug-likeness (QED) is 0.305. The van der Waals surface area contributed by atoms with Gasteiger partial charge in [0.15, 0.2) is 15.8 Å².